The van der Waals surface area contributed by atoms with E-state index in [1.54, 1.807) is 13.0 Å². The number of aryl methyl sites for hydroxylation is 1. The third-order valence-electron chi connectivity index (χ3n) is 3.93. The Morgan fingerprint density at radius 3 is 2.81 bits per heavy atom. The number of hydrogen-bond acceptors (Lipinski definition) is 2. The van der Waals surface area contributed by atoms with Crippen molar-refractivity contribution >= 4 is 5.91 Å². The summed E-state index contributed by atoms with van der Waals surface area (Å²) >= 11 is 0. The first kappa shape index (κ1) is 16.0. The van der Waals surface area contributed by atoms with Crippen molar-refractivity contribution in [2.45, 2.75) is 51.6 Å². The maximum Gasteiger partial charge on any atom is 0.251 e. The molecule has 1 aromatic carbocycles. The molecule has 4 heteroatoms. The van der Waals surface area contributed by atoms with Crippen LogP contribution < -0.4 is 5.32 Å². The van der Waals surface area contributed by atoms with Crippen molar-refractivity contribution in [2.24, 2.45) is 0 Å². The average molecular weight is 293 g/mol. The largest absolute Gasteiger partial charge is 0.378 e. The van der Waals surface area contributed by atoms with Gasteiger partial charge in [0.25, 0.3) is 5.91 Å². The average Bonchev–Trinajstić information content (AvgIpc) is 2.50. The standard InChI is InChI=1S/C17H24FNO2/c1-13-12-14(8-9-16(13)18)17(20)19-10-5-11-21-15-6-3-2-4-7-15/h8-9,12,15H,2-7,10-11H2,1H3,(H,19,20). The zero-order valence-electron chi connectivity index (χ0n) is 12.7. The molecule has 1 saturated carbocycles. The summed E-state index contributed by atoms with van der Waals surface area (Å²) in [5.74, 6) is -0.441. The molecule has 0 heterocycles. The van der Waals surface area contributed by atoms with Crippen LogP contribution in [-0.4, -0.2) is 25.2 Å². The third-order valence-corrected chi connectivity index (χ3v) is 3.93. The molecule has 0 bridgehead atoms. The fraction of sp³-hybridized carbons (Fsp3) is 0.588. The Bertz CT molecular complexity index is 470. The lowest BCUT2D eigenvalue weighted by Gasteiger charge is -2.21. The van der Waals surface area contributed by atoms with Crippen LogP contribution in [0.4, 0.5) is 4.39 Å². The number of benzene rings is 1. The van der Waals surface area contributed by atoms with Crippen LogP contribution in [0, 0.1) is 12.7 Å². The molecule has 1 aliphatic rings. The van der Waals surface area contributed by atoms with Crippen molar-refractivity contribution in [2.75, 3.05) is 13.2 Å². The summed E-state index contributed by atoms with van der Waals surface area (Å²) in [5.41, 5.74) is 0.991. The highest BCUT2D eigenvalue weighted by molar-refractivity contribution is 5.94. The van der Waals surface area contributed by atoms with Gasteiger partial charge in [-0.1, -0.05) is 19.3 Å². The summed E-state index contributed by atoms with van der Waals surface area (Å²) in [7, 11) is 0. The molecule has 3 nitrogen and oxygen atoms in total. The van der Waals surface area contributed by atoms with Gasteiger partial charge in [0, 0.05) is 18.7 Å². The Hall–Kier alpha value is -1.42. The highest BCUT2D eigenvalue weighted by Crippen LogP contribution is 2.20. The van der Waals surface area contributed by atoms with Crippen molar-refractivity contribution in [3.05, 3.63) is 35.1 Å². The molecule has 1 amide bonds. The van der Waals surface area contributed by atoms with Crippen molar-refractivity contribution in [3.8, 4) is 0 Å². The van der Waals surface area contributed by atoms with Gasteiger partial charge in [0.2, 0.25) is 0 Å². The molecule has 0 aromatic heterocycles. The zero-order valence-corrected chi connectivity index (χ0v) is 12.7. The number of hydrogen-bond donors (Lipinski definition) is 1. The zero-order chi connectivity index (χ0) is 15.1. The lowest BCUT2D eigenvalue weighted by atomic mass is 9.98. The van der Waals surface area contributed by atoms with E-state index in [1.807, 2.05) is 0 Å². The molecule has 116 valence electrons. The van der Waals surface area contributed by atoms with E-state index in [2.05, 4.69) is 5.32 Å². The predicted octanol–water partition coefficient (Wildman–Crippen LogP) is 3.60. The number of carbonyl (C=O) groups excluding carboxylic acids is 1. The van der Waals surface area contributed by atoms with E-state index in [0.717, 1.165) is 6.42 Å². The van der Waals surface area contributed by atoms with E-state index < -0.39 is 0 Å². The first-order valence-electron chi connectivity index (χ1n) is 7.83. The molecule has 1 aromatic rings. The maximum absolute atomic E-state index is 13.1. The summed E-state index contributed by atoms with van der Waals surface area (Å²) in [5, 5.41) is 2.84. The van der Waals surface area contributed by atoms with Crippen molar-refractivity contribution in [3.63, 3.8) is 0 Å². The van der Waals surface area contributed by atoms with Crippen molar-refractivity contribution in [1.82, 2.24) is 5.32 Å². The van der Waals surface area contributed by atoms with E-state index >= 15 is 0 Å². The van der Waals surface area contributed by atoms with E-state index in [4.69, 9.17) is 4.74 Å². The van der Waals surface area contributed by atoms with Crippen LogP contribution in [0.5, 0.6) is 0 Å². The summed E-state index contributed by atoms with van der Waals surface area (Å²) in [6.07, 6.45) is 7.42. The van der Waals surface area contributed by atoms with Gasteiger partial charge in [0.15, 0.2) is 0 Å². The number of rotatable bonds is 6. The quantitative estimate of drug-likeness (QED) is 0.814. The predicted molar refractivity (Wildman–Crippen MR) is 80.9 cm³/mol. The van der Waals surface area contributed by atoms with Gasteiger partial charge in [-0.2, -0.15) is 0 Å². The van der Waals surface area contributed by atoms with E-state index in [9.17, 15) is 9.18 Å². The molecule has 1 fully saturated rings. The minimum Gasteiger partial charge on any atom is -0.378 e. The first-order chi connectivity index (χ1) is 10.2. The second-order valence-electron chi connectivity index (χ2n) is 5.70. The molecular formula is C17H24FNO2. The Balaban J connectivity index is 1.63. The maximum atomic E-state index is 13.1. The van der Waals surface area contributed by atoms with Gasteiger partial charge in [-0.25, -0.2) is 4.39 Å². The van der Waals surface area contributed by atoms with Gasteiger partial charge >= 0.3 is 0 Å². The second-order valence-corrected chi connectivity index (χ2v) is 5.70. The van der Waals surface area contributed by atoms with Gasteiger partial charge in [0.05, 0.1) is 6.10 Å². The molecule has 1 N–H and O–H groups in total. The van der Waals surface area contributed by atoms with Gasteiger partial charge in [0.1, 0.15) is 5.82 Å². The topological polar surface area (TPSA) is 38.3 Å². The second kappa shape index (κ2) is 8.13. The summed E-state index contributed by atoms with van der Waals surface area (Å²) in [6, 6.07) is 4.41. The molecule has 2 rings (SSSR count). The van der Waals surface area contributed by atoms with Crippen LogP contribution >= 0.6 is 0 Å². The van der Waals surface area contributed by atoms with Crippen molar-refractivity contribution in [1.29, 1.82) is 0 Å². The first-order valence-corrected chi connectivity index (χ1v) is 7.83. The fourth-order valence-electron chi connectivity index (χ4n) is 2.64. The van der Waals surface area contributed by atoms with Gasteiger partial charge in [-0.05, 0) is 49.9 Å². The van der Waals surface area contributed by atoms with Crippen LogP contribution in [0.1, 0.15) is 54.4 Å². The monoisotopic (exact) mass is 293 g/mol. The van der Waals surface area contributed by atoms with E-state index in [1.165, 1.54) is 44.2 Å². The Kier molecular flexibility index (Phi) is 6.18. The highest BCUT2D eigenvalue weighted by atomic mass is 19.1. The van der Waals surface area contributed by atoms with Gasteiger partial charge in [-0.3, -0.25) is 4.79 Å². The van der Waals surface area contributed by atoms with Crippen LogP contribution in [0.3, 0.4) is 0 Å². The number of halogens is 1. The van der Waals surface area contributed by atoms with E-state index in [0.29, 0.717) is 30.4 Å². The van der Waals surface area contributed by atoms with Crippen molar-refractivity contribution < 1.29 is 13.9 Å². The molecule has 0 aliphatic heterocycles. The lowest BCUT2D eigenvalue weighted by molar-refractivity contribution is 0.0273. The Morgan fingerprint density at radius 1 is 1.33 bits per heavy atom. The summed E-state index contributed by atoms with van der Waals surface area (Å²) in [6.45, 7) is 2.93. The molecule has 0 spiro atoms. The third kappa shape index (κ3) is 5.12. The number of ether oxygens (including phenoxy) is 1. The Morgan fingerprint density at radius 2 is 2.10 bits per heavy atom. The van der Waals surface area contributed by atoms with Gasteiger partial charge < -0.3 is 10.1 Å². The Labute approximate surface area is 125 Å². The molecule has 0 saturated heterocycles. The number of carbonyl (C=O) groups is 1. The molecule has 0 atom stereocenters. The molecule has 1 aliphatic carbocycles. The van der Waals surface area contributed by atoms with Crippen LogP contribution in [0.15, 0.2) is 18.2 Å². The molecule has 0 radical (unpaired) electrons. The number of amides is 1. The minimum absolute atomic E-state index is 0.157. The summed E-state index contributed by atoms with van der Waals surface area (Å²) < 4.78 is 18.9. The molecule has 0 unspecified atom stereocenters. The van der Waals surface area contributed by atoms with E-state index in [-0.39, 0.29) is 11.7 Å². The van der Waals surface area contributed by atoms with Gasteiger partial charge in [-0.15, -0.1) is 0 Å². The lowest BCUT2D eigenvalue weighted by Crippen LogP contribution is -2.26. The highest BCUT2D eigenvalue weighted by Gasteiger charge is 2.13. The van der Waals surface area contributed by atoms with Crippen LogP contribution in [-0.2, 0) is 4.74 Å². The molecular weight excluding hydrogens is 269 g/mol. The fourth-order valence-corrected chi connectivity index (χ4v) is 2.64. The number of nitrogens with one attached hydrogen (secondary N) is 1. The molecule has 21 heavy (non-hydrogen) atoms. The van der Waals surface area contributed by atoms with Crippen LogP contribution in [0.25, 0.3) is 0 Å². The SMILES string of the molecule is Cc1cc(C(=O)NCCCOC2CCCCC2)ccc1F. The normalized spacial score (nSPS) is 15.9. The minimum atomic E-state index is -0.285. The van der Waals surface area contributed by atoms with Crippen LogP contribution in [0.2, 0.25) is 0 Å². The summed E-state index contributed by atoms with van der Waals surface area (Å²) in [4.78, 5) is 11.9. The smallest absolute Gasteiger partial charge is 0.251 e.